The van der Waals surface area contributed by atoms with Gasteiger partial charge in [-0.15, -0.1) is 0 Å². The molecule has 30 heavy (non-hydrogen) atoms. The van der Waals surface area contributed by atoms with Crippen LogP contribution in [-0.4, -0.2) is 11.1 Å². The molecule has 3 aromatic carbocycles. The van der Waals surface area contributed by atoms with Crippen LogP contribution in [0.25, 0.3) is 22.1 Å². The van der Waals surface area contributed by atoms with E-state index in [1.165, 1.54) is 0 Å². The van der Waals surface area contributed by atoms with Crippen molar-refractivity contribution in [2.24, 2.45) is 5.73 Å². The van der Waals surface area contributed by atoms with Gasteiger partial charge in [-0.05, 0) is 47.4 Å². The number of aliphatic carboxylic acids is 1. The first-order chi connectivity index (χ1) is 14.5. The fourth-order valence-corrected chi connectivity index (χ4v) is 3.62. The molecule has 5 nitrogen and oxygen atoms in total. The summed E-state index contributed by atoms with van der Waals surface area (Å²) < 4.78 is 11.8. The quantitative estimate of drug-likeness (QED) is 0.451. The van der Waals surface area contributed by atoms with Crippen LogP contribution >= 0.6 is 0 Å². The van der Waals surface area contributed by atoms with Crippen LogP contribution in [-0.2, 0) is 24.4 Å². The number of nitrogens with two attached hydrogens (primary N) is 1. The molecule has 0 radical (unpaired) electrons. The number of hydrogen-bond acceptors (Lipinski definition) is 4. The summed E-state index contributed by atoms with van der Waals surface area (Å²) in [5.74, 6) is -0.274. The van der Waals surface area contributed by atoms with Gasteiger partial charge in [-0.2, -0.15) is 0 Å². The second kappa shape index (κ2) is 8.43. The van der Waals surface area contributed by atoms with Gasteiger partial charge in [-0.25, -0.2) is 0 Å². The molecule has 0 amide bonds. The summed E-state index contributed by atoms with van der Waals surface area (Å²) in [7, 11) is 0. The van der Waals surface area contributed by atoms with Crippen LogP contribution in [0.15, 0.2) is 71.3 Å². The van der Waals surface area contributed by atoms with Gasteiger partial charge in [0, 0.05) is 23.1 Å². The first-order valence-electron chi connectivity index (χ1n) is 9.77. The lowest BCUT2D eigenvalue weighted by Gasteiger charge is -2.13. The predicted molar refractivity (Wildman–Crippen MR) is 116 cm³/mol. The number of benzene rings is 3. The highest BCUT2D eigenvalue weighted by molar-refractivity contribution is 5.86. The van der Waals surface area contributed by atoms with Crippen molar-refractivity contribution in [3.63, 3.8) is 0 Å². The Bertz CT molecular complexity index is 1210. The van der Waals surface area contributed by atoms with Gasteiger partial charge >= 0.3 is 5.97 Å². The van der Waals surface area contributed by atoms with Gasteiger partial charge in [0.05, 0.1) is 12.7 Å². The maximum atomic E-state index is 11.2. The summed E-state index contributed by atoms with van der Waals surface area (Å²) >= 11 is 0. The maximum absolute atomic E-state index is 11.2. The van der Waals surface area contributed by atoms with E-state index in [2.05, 4.69) is 18.2 Å². The van der Waals surface area contributed by atoms with Crippen molar-refractivity contribution in [2.45, 2.75) is 26.5 Å². The Kier molecular flexibility index (Phi) is 5.55. The van der Waals surface area contributed by atoms with Crippen LogP contribution in [0.3, 0.4) is 0 Å². The largest absolute Gasteiger partial charge is 0.488 e. The van der Waals surface area contributed by atoms with Crippen molar-refractivity contribution in [3.8, 4) is 16.9 Å². The number of carboxylic acids is 1. The van der Waals surface area contributed by atoms with Gasteiger partial charge in [0.2, 0.25) is 0 Å². The molecule has 0 unspecified atom stereocenters. The van der Waals surface area contributed by atoms with E-state index in [1.807, 2.05) is 43.3 Å². The Hall–Kier alpha value is -3.57. The monoisotopic (exact) mass is 401 g/mol. The van der Waals surface area contributed by atoms with Crippen molar-refractivity contribution >= 4 is 16.9 Å². The van der Waals surface area contributed by atoms with E-state index in [0.717, 1.165) is 38.8 Å². The first kappa shape index (κ1) is 19.7. The first-order valence-corrected chi connectivity index (χ1v) is 9.77. The molecule has 4 rings (SSSR count). The lowest BCUT2D eigenvalue weighted by atomic mass is 10.0. The molecule has 4 aromatic rings. The van der Waals surface area contributed by atoms with E-state index in [4.69, 9.17) is 14.9 Å². The highest BCUT2D eigenvalue weighted by Gasteiger charge is 2.13. The Morgan fingerprint density at radius 3 is 2.63 bits per heavy atom. The molecule has 0 bridgehead atoms. The smallest absolute Gasteiger partial charge is 0.307 e. The number of hydrogen-bond donors (Lipinski definition) is 2. The molecule has 0 atom stereocenters. The summed E-state index contributed by atoms with van der Waals surface area (Å²) in [4.78, 5) is 11.2. The topological polar surface area (TPSA) is 85.7 Å². The molecular weight excluding hydrogens is 378 g/mol. The molecule has 152 valence electrons. The molecule has 0 aliphatic rings. The van der Waals surface area contributed by atoms with Crippen LogP contribution in [0, 0.1) is 6.92 Å². The predicted octanol–water partition coefficient (Wildman–Crippen LogP) is 5.07. The van der Waals surface area contributed by atoms with E-state index in [1.54, 1.807) is 12.3 Å². The van der Waals surface area contributed by atoms with E-state index >= 15 is 0 Å². The van der Waals surface area contributed by atoms with Crippen molar-refractivity contribution in [1.29, 1.82) is 0 Å². The number of furan rings is 1. The van der Waals surface area contributed by atoms with E-state index in [9.17, 15) is 9.90 Å². The van der Waals surface area contributed by atoms with Crippen LogP contribution in [0.4, 0.5) is 0 Å². The van der Waals surface area contributed by atoms with Crippen molar-refractivity contribution in [1.82, 2.24) is 0 Å². The third-order valence-electron chi connectivity index (χ3n) is 5.16. The summed E-state index contributed by atoms with van der Waals surface area (Å²) in [6.45, 7) is 2.70. The SMILES string of the molecule is Cc1cccc(CC(=O)O)c1OCc1coc2ccc(-c3cccc(CN)c3)cc12. The second-order valence-electron chi connectivity index (χ2n) is 7.30. The molecule has 0 fully saturated rings. The number of rotatable bonds is 7. The average molecular weight is 401 g/mol. The van der Waals surface area contributed by atoms with Crippen LogP contribution in [0.5, 0.6) is 5.75 Å². The number of fused-ring (bicyclic) bond motifs is 1. The molecule has 3 N–H and O–H groups in total. The lowest BCUT2D eigenvalue weighted by molar-refractivity contribution is -0.136. The standard InChI is InChI=1S/C25H23NO4/c1-16-4-2-7-20(12-24(27)28)25(16)30-15-21-14-29-23-9-8-19(11-22(21)23)18-6-3-5-17(10-18)13-26/h2-11,14H,12-13,15,26H2,1H3,(H,27,28). The Labute approximate surface area is 174 Å². The van der Waals surface area contributed by atoms with Crippen molar-refractivity contribution in [3.05, 3.63) is 89.2 Å². The maximum Gasteiger partial charge on any atom is 0.307 e. The third kappa shape index (κ3) is 4.07. The average Bonchev–Trinajstić information content (AvgIpc) is 3.15. The number of ether oxygens (including phenoxy) is 1. The highest BCUT2D eigenvalue weighted by Crippen LogP contribution is 2.30. The zero-order chi connectivity index (χ0) is 21.1. The minimum absolute atomic E-state index is 0.0786. The Morgan fingerprint density at radius 1 is 1.03 bits per heavy atom. The Morgan fingerprint density at radius 2 is 1.83 bits per heavy atom. The van der Waals surface area contributed by atoms with Crippen molar-refractivity contribution in [2.75, 3.05) is 0 Å². The lowest BCUT2D eigenvalue weighted by Crippen LogP contribution is -2.05. The normalized spacial score (nSPS) is 11.0. The molecule has 0 aliphatic heterocycles. The fourth-order valence-electron chi connectivity index (χ4n) is 3.62. The molecule has 0 spiro atoms. The van der Waals surface area contributed by atoms with E-state index in [0.29, 0.717) is 17.9 Å². The van der Waals surface area contributed by atoms with E-state index in [-0.39, 0.29) is 13.0 Å². The molecule has 0 saturated heterocycles. The molecule has 0 saturated carbocycles. The zero-order valence-electron chi connectivity index (χ0n) is 16.7. The van der Waals surface area contributed by atoms with Crippen LogP contribution in [0.2, 0.25) is 0 Å². The summed E-state index contributed by atoms with van der Waals surface area (Å²) in [5.41, 5.74) is 12.3. The second-order valence-corrected chi connectivity index (χ2v) is 7.30. The van der Waals surface area contributed by atoms with Crippen LogP contribution < -0.4 is 10.5 Å². The zero-order valence-corrected chi connectivity index (χ0v) is 16.7. The van der Waals surface area contributed by atoms with Gasteiger partial charge in [0.15, 0.2) is 0 Å². The van der Waals surface area contributed by atoms with Gasteiger partial charge < -0.3 is 20.0 Å². The minimum atomic E-state index is -0.886. The van der Waals surface area contributed by atoms with Crippen molar-refractivity contribution < 1.29 is 19.1 Å². The highest BCUT2D eigenvalue weighted by atomic mass is 16.5. The molecule has 0 aliphatic carbocycles. The van der Waals surface area contributed by atoms with Gasteiger partial charge in [0.25, 0.3) is 0 Å². The number of para-hydroxylation sites is 1. The van der Waals surface area contributed by atoms with E-state index < -0.39 is 5.97 Å². The summed E-state index contributed by atoms with van der Waals surface area (Å²) in [6, 6.07) is 19.8. The molecular formula is C25H23NO4. The van der Waals surface area contributed by atoms with Gasteiger partial charge in [0.1, 0.15) is 17.9 Å². The van der Waals surface area contributed by atoms with Crippen LogP contribution in [0.1, 0.15) is 22.3 Å². The summed E-state index contributed by atoms with van der Waals surface area (Å²) in [6.07, 6.45) is 1.62. The van der Waals surface area contributed by atoms with Gasteiger partial charge in [-0.1, -0.05) is 42.5 Å². The summed E-state index contributed by atoms with van der Waals surface area (Å²) in [5, 5.41) is 10.1. The fraction of sp³-hybridized carbons (Fsp3) is 0.160. The number of aryl methyl sites for hydroxylation is 1. The number of carbonyl (C=O) groups is 1. The minimum Gasteiger partial charge on any atom is -0.488 e. The Balaban J connectivity index is 1.64. The molecule has 5 heteroatoms. The molecule has 1 heterocycles. The third-order valence-corrected chi connectivity index (χ3v) is 5.16. The molecule has 1 aromatic heterocycles. The van der Waals surface area contributed by atoms with Gasteiger partial charge in [-0.3, -0.25) is 4.79 Å². The number of carboxylic acid groups (broad SMARTS) is 1.